The molecule has 1 aliphatic rings. The van der Waals surface area contributed by atoms with Crippen LogP contribution in [0.5, 0.6) is 5.75 Å². The number of hydrogen-bond acceptors (Lipinski definition) is 5. The molecule has 1 aliphatic heterocycles. The van der Waals surface area contributed by atoms with Crippen LogP contribution in [0.15, 0.2) is 77.3 Å². The van der Waals surface area contributed by atoms with Gasteiger partial charge in [0.1, 0.15) is 29.9 Å². The summed E-state index contributed by atoms with van der Waals surface area (Å²) in [6.07, 6.45) is 1.77. The van der Waals surface area contributed by atoms with Gasteiger partial charge in [-0.2, -0.15) is 0 Å². The lowest BCUT2D eigenvalue weighted by molar-refractivity contribution is 0.146. The summed E-state index contributed by atoms with van der Waals surface area (Å²) in [4.78, 5) is 6.60. The topological polar surface area (TPSA) is 59.8 Å². The van der Waals surface area contributed by atoms with Gasteiger partial charge in [-0.25, -0.2) is 0 Å². The summed E-state index contributed by atoms with van der Waals surface area (Å²) in [6.45, 7) is 2.85. The van der Waals surface area contributed by atoms with E-state index in [0.29, 0.717) is 34.1 Å². The fourth-order valence-electron chi connectivity index (χ4n) is 4.33. The fourth-order valence-corrected chi connectivity index (χ4v) is 5.08. The molecule has 2 aromatic carbocycles. The number of methoxy groups -OCH3 is 1. The predicted molar refractivity (Wildman–Crippen MR) is 151 cm³/mol. The van der Waals surface area contributed by atoms with Crippen LogP contribution in [0.1, 0.15) is 29.1 Å². The van der Waals surface area contributed by atoms with Crippen LogP contribution in [-0.4, -0.2) is 30.4 Å². The first-order chi connectivity index (χ1) is 18.0. The van der Waals surface area contributed by atoms with Crippen molar-refractivity contribution in [1.29, 1.82) is 0 Å². The number of nitrogens with zero attached hydrogens (tertiary/aromatic N) is 2. The van der Waals surface area contributed by atoms with E-state index in [0.717, 1.165) is 34.0 Å². The number of thiocarbonyl (C=S) groups is 1. The lowest BCUT2D eigenvalue weighted by Crippen LogP contribution is -2.29. The van der Waals surface area contributed by atoms with Crippen LogP contribution in [0.25, 0.3) is 11.3 Å². The van der Waals surface area contributed by atoms with Gasteiger partial charge < -0.3 is 24.1 Å². The van der Waals surface area contributed by atoms with E-state index >= 15 is 0 Å². The number of ether oxygens (including phenoxy) is 2. The number of anilines is 1. The van der Waals surface area contributed by atoms with E-state index in [1.54, 1.807) is 13.3 Å². The number of aryl methyl sites for hydroxylation is 1. The summed E-state index contributed by atoms with van der Waals surface area (Å²) in [5, 5.41) is 5.14. The van der Waals surface area contributed by atoms with Crippen molar-refractivity contribution in [3.05, 3.63) is 100.0 Å². The Labute approximate surface area is 231 Å². The number of furan rings is 1. The lowest BCUT2D eigenvalue weighted by atomic mass is 10.0. The maximum absolute atomic E-state index is 6.59. The third-order valence-electron chi connectivity index (χ3n) is 6.21. The molecule has 190 valence electrons. The average Bonchev–Trinajstić information content (AvgIpc) is 3.52. The number of benzene rings is 2. The van der Waals surface area contributed by atoms with Gasteiger partial charge >= 0.3 is 0 Å². The zero-order chi connectivity index (χ0) is 25.9. The normalized spacial score (nSPS) is 17.2. The molecule has 1 fully saturated rings. The smallest absolute Gasteiger partial charge is 0.174 e. The van der Waals surface area contributed by atoms with Gasteiger partial charge in [-0.15, -0.1) is 0 Å². The minimum absolute atomic E-state index is 0.245. The Kier molecular flexibility index (Phi) is 7.67. The minimum Gasteiger partial charge on any atom is -0.490 e. The maximum atomic E-state index is 6.59. The Morgan fingerprint density at radius 2 is 1.89 bits per heavy atom. The van der Waals surface area contributed by atoms with Gasteiger partial charge in [0.15, 0.2) is 5.11 Å². The summed E-state index contributed by atoms with van der Waals surface area (Å²) in [5.41, 5.74) is 3.56. The molecule has 0 unspecified atom stereocenters. The molecule has 0 saturated carbocycles. The largest absolute Gasteiger partial charge is 0.490 e. The second-order valence-electron chi connectivity index (χ2n) is 8.62. The van der Waals surface area contributed by atoms with E-state index in [2.05, 4.69) is 10.3 Å². The van der Waals surface area contributed by atoms with Gasteiger partial charge in [-0.3, -0.25) is 4.98 Å². The summed E-state index contributed by atoms with van der Waals surface area (Å²) >= 11 is 18.8. The van der Waals surface area contributed by atoms with Crippen LogP contribution in [0.4, 0.5) is 5.69 Å². The van der Waals surface area contributed by atoms with Crippen LogP contribution in [0, 0.1) is 6.92 Å². The second-order valence-corrected chi connectivity index (χ2v) is 9.82. The van der Waals surface area contributed by atoms with Crippen molar-refractivity contribution in [3.63, 3.8) is 0 Å². The number of pyridine rings is 1. The molecule has 2 aromatic heterocycles. The zero-order valence-electron chi connectivity index (χ0n) is 20.3. The van der Waals surface area contributed by atoms with Gasteiger partial charge in [0.25, 0.3) is 0 Å². The van der Waals surface area contributed by atoms with E-state index in [1.807, 2.05) is 78.6 Å². The molecule has 0 amide bonds. The van der Waals surface area contributed by atoms with Gasteiger partial charge in [0.2, 0.25) is 0 Å². The van der Waals surface area contributed by atoms with Crippen molar-refractivity contribution in [2.45, 2.75) is 19.0 Å². The highest BCUT2D eigenvalue weighted by Gasteiger charge is 2.42. The molecule has 37 heavy (non-hydrogen) atoms. The number of hydrogen-bond donors (Lipinski definition) is 1. The monoisotopic (exact) mass is 553 g/mol. The molecular formula is C28H25Cl2N3O3S. The molecule has 3 heterocycles. The van der Waals surface area contributed by atoms with E-state index < -0.39 is 0 Å². The number of nitrogens with one attached hydrogen (secondary N) is 1. The molecule has 0 aliphatic carbocycles. The van der Waals surface area contributed by atoms with Crippen molar-refractivity contribution in [2.75, 3.05) is 25.2 Å². The molecule has 2 atom stereocenters. The third-order valence-corrected chi connectivity index (χ3v) is 7.23. The molecule has 0 spiro atoms. The number of halogens is 2. The van der Waals surface area contributed by atoms with Gasteiger partial charge in [-0.05, 0) is 73.2 Å². The Hall–Kier alpha value is -3.10. The number of aromatic nitrogens is 1. The van der Waals surface area contributed by atoms with E-state index in [4.69, 9.17) is 49.3 Å². The van der Waals surface area contributed by atoms with Gasteiger partial charge in [0, 0.05) is 29.6 Å². The second kappa shape index (κ2) is 11.1. The first kappa shape index (κ1) is 25.5. The third kappa shape index (κ3) is 5.31. The molecule has 5 rings (SSSR count). The van der Waals surface area contributed by atoms with Crippen molar-refractivity contribution >= 4 is 46.2 Å². The molecule has 0 bridgehead atoms. The average molecular weight is 554 g/mol. The molecule has 0 radical (unpaired) electrons. The summed E-state index contributed by atoms with van der Waals surface area (Å²) in [6, 6.07) is 20.7. The van der Waals surface area contributed by atoms with Crippen LogP contribution >= 0.6 is 35.4 Å². The van der Waals surface area contributed by atoms with Gasteiger partial charge in [-0.1, -0.05) is 41.4 Å². The van der Waals surface area contributed by atoms with Crippen LogP contribution in [0.2, 0.25) is 10.0 Å². The van der Waals surface area contributed by atoms with Gasteiger partial charge in [0.05, 0.1) is 23.4 Å². The molecule has 1 N–H and O–H groups in total. The van der Waals surface area contributed by atoms with Crippen molar-refractivity contribution < 1.29 is 13.9 Å². The standard InChI is InChI=1S/C28H25Cl2N3O3S/c1-17-6-7-18(15-20(17)29)23-10-11-25(36-23)27-26(22-5-3-4-12-31-22)32-28(37)33(27)19-8-9-24(21(30)16-19)35-14-13-34-2/h3-12,15-16,26-27H,13-14H2,1-2H3,(H,32,37)/t26-,27-/m1/s1. The number of rotatable bonds is 8. The van der Waals surface area contributed by atoms with E-state index in [-0.39, 0.29) is 12.1 Å². The summed E-state index contributed by atoms with van der Waals surface area (Å²) in [5.74, 6) is 2.02. The lowest BCUT2D eigenvalue weighted by Gasteiger charge is -2.26. The van der Waals surface area contributed by atoms with Crippen molar-refractivity contribution in [3.8, 4) is 17.1 Å². The quantitative estimate of drug-likeness (QED) is 0.183. The van der Waals surface area contributed by atoms with Crippen LogP contribution in [-0.2, 0) is 4.74 Å². The Balaban J connectivity index is 1.53. The predicted octanol–water partition coefficient (Wildman–Crippen LogP) is 7.16. The molecule has 9 heteroatoms. The Bertz CT molecular complexity index is 1410. The minimum atomic E-state index is -0.312. The fraction of sp³-hybridized carbons (Fsp3) is 0.214. The highest BCUT2D eigenvalue weighted by Crippen LogP contribution is 2.44. The summed E-state index contributed by atoms with van der Waals surface area (Å²) in [7, 11) is 1.63. The zero-order valence-corrected chi connectivity index (χ0v) is 22.6. The SMILES string of the molecule is COCCOc1ccc(N2C(=S)N[C@H](c3ccccn3)[C@H]2c2ccc(-c3ccc(C)c(Cl)c3)o2)cc1Cl. The van der Waals surface area contributed by atoms with Crippen molar-refractivity contribution in [2.24, 2.45) is 0 Å². The first-order valence-electron chi connectivity index (χ1n) is 11.7. The Morgan fingerprint density at radius 1 is 1.03 bits per heavy atom. The maximum Gasteiger partial charge on any atom is 0.174 e. The van der Waals surface area contributed by atoms with Crippen LogP contribution in [0.3, 0.4) is 0 Å². The highest BCUT2D eigenvalue weighted by molar-refractivity contribution is 7.80. The Morgan fingerprint density at radius 3 is 2.62 bits per heavy atom. The highest BCUT2D eigenvalue weighted by atomic mass is 35.5. The molecular weight excluding hydrogens is 529 g/mol. The molecule has 1 saturated heterocycles. The molecule has 6 nitrogen and oxygen atoms in total. The van der Waals surface area contributed by atoms with Crippen molar-refractivity contribution in [1.82, 2.24) is 10.3 Å². The first-order valence-corrected chi connectivity index (χ1v) is 12.9. The van der Waals surface area contributed by atoms with Crippen LogP contribution < -0.4 is 15.0 Å². The van der Waals surface area contributed by atoms with E-state index in [9.17, 15) is 0 Å². The van der Waals surface area contributed by atoms with E-state index in [1.165, 1.54) is 0 Å². The summed E-state index contributed by atoms with van der Waals surface area (Å²) < 4.78 is 17.2. The molecule has 4 aromatic rings.